The van der Waals surface area contributed by atoms with Crippen molar-refractivity contribution in [2.75, 3.05) is 20.3 Å². The zero-order valence-corrected chi connectivity index (χ0v) is 17.8. The van der Waals surface area contributed by atoms with E-state index in [0.29, 0.717) is 37.0 Å². The van der Waals surface area contributed by atoms with Crippen LogP contribution in [0, 0.1) is 0 Å². The van der Waals surface area contributed by atoms with Crippen LogP contribution in [-0.4, -0.2) is 47.1 Å². The number of benzene rings is 1. The number of aromatic nitrogens is 1. The minimum absolute atomic E-state index is 0.152. The van der Waals surface area contributed by atoms with E-state index in [2.05, 4.69) is 5.32 Å². The Labute approximate surface area is 178 Å². The molecule has 1 unspecified atom stereocenters. The van der Waals surface area contributed by atoms with Crippen LogP contribution in [0.4, 0.5) is 0 Å². The predicted octanol–water partition coefficient (Wildman–Crippen LogP) is 3.53. The molecule has 0 aliphatic carbocycles. The molecule has 2 aromatic heterocycles. The van der Waals surface area contributed by atoms with Crippen LogP contribution in [-0.2, 0) is 22.6 Å². The van der Waals surface area contributed by atoms with Crippen LogP contribution in [0.3, 0.4) is 0 Å². The van der Waals surface area contributed by atoms with Gasteiger partial charge in [-0.1, -0.05) is 23.7 Å². The lowest BCUT2D eigenvalue weighted by atomic mass is 9.94. The Bertz CT molecular complexity index is 1060. The Balaban J connectivity index is 1.64. The van der Waals surface area contributed by atoms with Gasteiger partial charge in [-0.3, -0.25) is 9.59 Å². The zero-order valence-electron chi connectivity index (χ0n) is 16.3. The lowest BCUT2D eigenvalue weighted by molar-refractivity contribution is -0.133. The van der Waals surface area contributed by atoms with Crippen molar-refractivity contribution in [2.24, 2.45) is 0 Å². The van der Waals surface area contributed by atoms with E-state index in [0.717, 1.165) is 15.8 Å². The number of rotatable bonds is 6. The summed E-state index contributed by atoms with van der Waals surface area (Å²) in [5, 5.41) is 6.66. The monoisotopic (exact) mass is 431 g/mol. The molecule has 6 nitrogen and oxygen atoms in total. The highest BCUT2D eigenvalue weighted by molar-refractivity contribution is 7.16. The molecular formula is C21H22ClN3O3S. The average Bonchev–Trinajstić information content (AvgIpc) is 3.29. The number of hydrogen-bond donors (Lipinski definition) is 1. The standard InChI is InChI=1S/C21H22ClN3O3S/c1-21(20(27)23-12-14-3-5-16(22)6-4-14)13-24-17(11-15-7-10-29-19(15)24)18(26)25(21)8-9-28-2/h3-7,10-11H,8-9,12-13H2,1-2H3,(H,23,27). The SMILES string of the molecule is COCCN1C(=O)c2cc3ccsc3n2CC1(C)C(=O)NCc1ccc(Cl)cc1. The van der Waals surface area contributed by atoms with Crippen molar-refractivity contribution in [3.63, 3.8) is 0 Å². The van der Waals surface area contributed by atoms with Crippen molar-refractivity contribution in [1.82, 2.24) is 14.8 Å². The Morgan fingerprint density at radius 3 is 2.79 bits per heavy atom. The molecule has 0 spiro atoms. The largest absolute Gasteiger partial charge is 0.383 e. The molecule has 0 saturated carbocycles. The number of halogens is 1. The topological polar surface area (TPSA) is 63.6 Å². The quantitative estimate of drug-likeness (QED) is 0.649. The second-order valence-electron chi connectivity index (χ2n) is 7.33. The van der Waals surface area contributed by atoms with Crippen LogP contribution in [0.15, 0.2) is 41.8 Å². The predicted molar refractivity (Wildman–Crippen MR) is 114 cm³/mol. The lowest BCUT2D eigenvalue weighted by Gasteiger charge is -2.43. The summed E-state index contributed by atoms with van der Waals surface area (Å²) in [5.74, 6) is -0.346. The van der Waals surface area contributed by atoms with E-state index < -0.39 is 5.54 Å². The molecule has 0 radical (unpaired) electrons. The molecule has 29 heavy (non-hydrogen) atoms. The fourth-order valence-electron chi connectivity index (χ4n) is 3.77. The van der Waals surface area contributed by atoms with Gasteiger partial charge in [-0.15, -0.1) is 11.3 Å². The summed E-state index contributed by atoms with van der Waals surface area (Å²) >= 11 is 7.51. The Kier molecular flexibility index (Phi) is 5.38. The van der Waals surface area contributed by atoms with Gasteiger partial charge in [0.05, 0.1) is 13.2 Å². The molecule has 1 atom stereocenters. The maximum atomic E-state index is 13.3. The molecule has 152 valence electrons. The first-order valence-electron chi connectivity index (χ1n) is 9.34. The zero-order chi connectivity index (χ0) is 20.6. The summed E-state index contributed by atoms with van der Waals surface area (Å²) in [6, 6.07) is 11.2. The Morgan fingerprint density at radius 1 is 1.31 bits per heavy atom. The number of ether oxygens (including phenoxy) is 1. The number of carbonyl (C=O) groups is 2. The van der Waals surface area contributed by atoms with Gasteiger partial charge in [-0.05, 0) is 42.1 Å². The molecule has 1 N–H and O–H groups in total. The number of carbonyl (C=O) groups excluding carboxylic acids is 2. The highest BCUT2D eigenvalue weighted by Crippen LogP contribution is 2.34. The maximum absolute atomic E-state index is 13.3. The summed E-state index contributed by atoms with van der Waals surface area (Å²) in [5.41, 5.74) is 0.537. The van der Waals surface area contributed by atoms with Gasteiger partial charge in [-0.2, -0.15) is 0 Å². The highest BCUT2D eigenvalue weighted by Gasteiger charge is 2.47. The van der Waals surface area contributed by atoms with Gasteiger partial charge < -0.3 is 19.5 Å². The summed E-state index contributed by atoms with van der Waals surface area (Å²) < 4.78 is 7.16. The molecule has 2 amide bonds. The average molecular weight is 432 g/mol. The van der Waals surface area contributed by atoms with Gasteiger partial charge in [0, 0.05) is 30.6 Å². The highest BCUT2D eigenvalue weighted by atomic mass is 35.5. The Hall–Kier alpha value is -2.35. The molecule has 0 saturated heterocycles. The molecule has 1 aliphatic rings. The lowest BCUT2D eigenvalue weighted by Crippen LogP contribution is -2.64. The maximum Gasteiger partial charge on any atom is 0.271 e. The molecule has 0 fully saturated rings. The van der Waals surface area contributed by atoms with E-state index in [9.17, 15) is 9.59 Å². The van der Waals surface area contributed by atoms with E-state index in [1.54, 1.807) is 35.5 Å². The van der Waals surface area contributed by atoms with E-state index in [1.165, 1.54) is 0 Å². The van der Waals surface area contributed by atoms with Crippen LogP contribution >= 0.6 is 22.9 Å². The van der Waals surface area contributed by atoms with Gasteiger partial charge >= 0.3 is 0 Å². The molecule has 8 heteroatoms. The molecule has 3 heterocycles. The minimum atomic E-state index is -1.02. The number of amides is 2. The van der Waals surface area contributed by atoms with Crippen LogP contribution < -0.4 is 5.32 Å². The first-order valence-corrected chi connectivity index (χ1v) is 10.6. The van der Waals surface area contributed by atoms with E-state index in [1.807, 2.05) is 41.1 Å². The van der Waals surface area contributed by atoms with Crippen LogP contribution in [0.5, 0.6) is 0 Å². The third-order valence-corrected chi connectivity index (χ3v) is 6.61. The number of thiophene rings is 1. The molecule has 3 aromatic rings. The smallest absolute Gasteiger partial charge is 0.271 e. The third kappa shape index (κ3) is 3.54. The fourth-order valence-corrected chi connectivity index (χ4v) is 4.79. The molecule has 1 aliphatic heterocycles. The fraction of sp³-hybridized carbons (Fsp3) is 0.333. The number of nitrogens with zero attached hydrogens (tertiary/aromatic N) is 2. The van der Waals surface area contributed by atoms with Crippen LogP contribution in [0.1, 0.15) is 23.0 Å². The van der Waals surface area contributed by atoms with Crippen molar-refractivity contribution < 1.29 is 14.3 Å². The number of hydrogen-bond acceptors (Lipinski definition) is 4. The second kappa shape index (κ2) is 7.82. The van der Waals surface area contributed by atoms with Gasteiger partial charge in [0.15, 0.2) is 0 Å². The first kappa shape index (κ1) is 19.9. The van der Waals surface area contributed by atoms with Crippen molar-refractivity contribution in [2.45, 2.75) is 25.6 Å². The molecule has 4 rings (SSSR count). The normalized spacial score (nSPS) is 18.9. The van der Waals surface area contributed by atoms with Crippen molar-refractivity contribution >= 4 is 45.0 Å². The molecular weight excluding hydrogens is 410 g/mol. The van der Waals surface area contributed by atoms with Gasteiger partial charge in [0.1, 0.15) is 16.1 Å². The van der Waals surface area contributed by atoms with E-state index in [4.69, 9.17) is 16.3 Å². The van der Waals surface area contributed by atoms with Gasteiger partial charge in [-0.25, -0.2) is 0 Å². The first-order chi connectivity index (χ1) is 13.9. The van der Waals surface area contributed by atoms with Crippen LogP contribution in [0.2, 0.25) is 5.02 Å². The third-order valence-electron chi connectivity index (χ3n) is 5.40. The molecule has 1 aromatic carbocycles. The number of methoxy groups -OCH3 is 1. The van der Waals surface area contributed by atoms with E-state index >= 15 is 0 Å². The minimum Gasteiger partial charge on any atom is -0.383 e. The van der Waals surface area contributed by atoms with Crippen LogP contribution in [0.25, 0.3) is 10.2 Å². The number of nitrogens with one attached hydrogen (secondary N) is 1. The van der Waals surface area contributed by atoms with E-state index in [-0.39, 0.29) is 11.8 Å². The number of fused-ring (bicyclic) bond motifs is 3. The summed E-state index contributed by atoms with van der Waals surface area (Å²) in [7, 11) is 1.59. The second-order valence-corrected chi connectivity index (χ2v) is 8.66. The van der Waals surface area contributed by atoms with Gasteiger partial charge in [0.2, 0.25) is 5.91 Å². The van der Waals surface area contributed by atoms with Gasteiger partial charge in [0.25, 0.3) is 5.91 Å². The summed E-state index contributed by atoms with van der Waals surface area (Å²) in [4.78, 5) is 29.2. The van der Waals surface area contributed by atoms with Crippen molar-refractivity contribution in [3.05, 3.63) is 58.1 Å². The summed E-state index contributed by atoms with van der Waals surface area (Å²) in [6.45, 7) is 3.29. The summed E-state index contributed by atoms with van der Waals surface area (Å²) in [6.07, 6.45) is 0. The molecule has 0 bridgehead atoms. The van der Waals surface area contributed by atoms with Crippen molar-refractivity contribution in [3.8, 4) is 0 Å². The van der Waals surface area contributed by atoms with Crippen molar-refractivity contribution in [1.29, 1.82) is 0 Å². The Morgan fingerprint density at radius 2 is 2.07 bits per heavy atom.